The van der Waals surface area contributed by atoms with E-state index in [2.05, 4.69) is 11.6 Å². The van der Waals surface area contributed by atoms with Gasteiger partial charge in [-0.1, -0.05) is 6.08 Å². The number of aromatic nitrogens is 2. The van der Waals surface area contributed by atoms with Crippen molar-refractivity contribution in [2.75, 3.05) is 24.7 Å². The maximum absolute atomic E-state index is 13.0. The topological polar surface area (TPSA) is 108 Å². The van der Waals surface area contributed by atoms with Crippen LogP contribution in [0.15, 0.2) is 47.4 Å². The Balaban J connectivity index is 1.66. The Morgan fingerprint density at radius 1 is 1.34 bits per heavy atom. The van der Waals surface area contributed by atoms with Crippen molar-refractivity contribution in [3.8, 4) is 5.75 Å². The number of thiophene rings is 1. The lowest BCUT2D eigenvalue weighted by Gasteiger charge is -2.28. The number of nitrogens with zero attached hydrogens (tertiary/aromatic N) is 3. The highest BCUT2D eigenvalue weighted by Gasteiger charge is 2.26. The monoisotopic (exact) mass is 453 g/mol. The molecule has 0 radical (unpaired) electrons. The molecule has 4 rings (SSSR count). The highest BCUT2D eigenvalue weighted by Crippen LogP contribution is 2.33. The van der Waals surface area contributed by atoms with E-state index in [0.29, 0.717) is 21.8 Å². The van der Waals surface area contributed by atoms with Crippen LogP contribution in [0.25, 0.3) is 10.2 Å². The van der Waals surface area contributed by atoms with Gasteiger partial charge in [-0.15, -0.1) is 17.9 Å². The molecular formula is C22H19N3O6S. The van der Waals surface area contributed by atoms with E-state index < -0.39 is 11.5 Å². The SMILES string of the molecule is C=CCN1C(=O)COc2ccc(C(=O)Cn3cnc4scc(C(=O)OCC)c4c3=O)cc21. The van der Waals surface area contributed by atoms with Gasteiger partial charge >= 0.3 is 5.97 Å². The molecule has 1 aromatic carbocycles. The van der Waals surface area contributed by atoms with Gasteiger partial charge in [0.15, 0.2) is 12.4 Å². The molecule has 164 valence electrons. The average molecular weight is 453 g/mol. The van der Waals surface area contributed by atoms with Crippen molar-refractivity contribution in [2.24, 2.45) is 0 Å². The zero-order valence-electron chi connectivity index (χ0n) is 17.2. The molecule has 0 aliphatic carbocycles. The Bertz CT molecular complexity index is 1310. The third-order valence-corrected chi connectivity index (χ3v) is 5.79. The first-order chi connectivity index (χ1) is 15.4. The molecule has 0 saturated carbocycles. The highest BCUT2D eigenvalue weighted by molar-refractivity contribution is 7.17. The molecule has 0 unspecified atom stereocenters. The molecule has 0 saturated heterocycles. The summed E-state index contributed by atoms with van der Waals surface area (Å²) in [6.07, 6.45) is 2.87. The number of anilines is 1. The predicted octanol–water partition coefficient (Wildman–Crippen LogP) is 2.43. The molecule has 1 aliphatic heterocycles. The summed E-state index contributed by atoms with van der Waals surface area (Å²) >= 11 is 1.16. The highest BCUT2D eigenvalue weighted by atomic mass is 32.1. The molecule has 0 fully saturated rings. The lowest BCUT2D eigenvalue weighted by Crippen LogP contribution is -2.39. The normalized spacial score (nSPS) is 12.9. The summed E-state index contributed by atoms with van der Waals surface area (Å²) in [5.74, 6) is -0.721. The van der Waals surface area contributed by atoms with Gasteiger partial charge < -0.3 is 14.4 Å². The van der Waals surface area contributed by atoms with Gasteiger partial charge in [0, 0.05) is 17.5 Å². The number of hydrogen-bond donors (Lipinski definition) is 0. The second-order valence-corrected chi connectivity index (χ2v) is 7.77. The van der Waals surface area contributed by atoms with Gasteiger partial charge in [0.1, 0.15) is 10.6 Å². The van der Waals surface area contributed by atoms with Crippen molar-refractivity contribution in [3.63, 3.8) is 0 Å². The number of hydrogen-bond acceptors (Lipinski definition) is 8. The van der Waals surface area contributed by atoms with Gasteiger partial charge in [0.05, 0.1) is 36.1 Å². The van der Waals surface area contributed by atoms with E-state index in [4.69, 9.17) is 9.47 Å². The van der Waals surface area contributed by atoms with Crippen molar-refractivity contribution < 1.29 is 23.9 Å². The summed E-state index contributed by atoms with van der Waals surface area (Å²) < 4.78 is 11.6. The van der Waals surface area contributed by atoms with Crippen LogP contribution < -0.4 is 15.2 Å². The quantitative estimate of drug-likeness (QED) is 0.307. The van der Waals surface area contributed by atoms with Gasteiger partial charge in [-0.2, -0.15) is 0 Å². The molecule has 0 bridgehead atoms. The predicted molar refractivity (Wildman–Crippen MR) is 119 cm³/mol. The number of amides is 1. The molecule has 9 nitrogen and oxygen atoms in total. The minimum atomic E-state index is -0.608. The molecule has 3 heterocycles. The van der Waals surface area contributed by atoms with E-state index in [0.717, 1.165) is 15.9 Å². The first kappa shape index (κ1) is 21.4. The van der Waals surface area contributed by atoms with Gasteiger partial charge in [0.25, 0.3) is 11.5 Å². The number of benzene rings is 1. The molecular weight excluding hydrogens is 434 g/mol. The van der Waals surface area contributed by atoms with Crippen molar-refractivity contribution in [1.82, 2.24) is 9.55 Å². The van der Waals surface area contributed by atoms with Crippen molar-refractivity contribution >= 4 is 44.9 Å². The van der Waals surface area contributed by atoms with Gasteiger partial charge in [-0.05, 0) is 25.1 Å². The Kier molecular flexibility index (Phi) is 5.87. The van der Waals surface area contributed by atoms with Gasteiger partial charge in [-0.3, -0.25) is 19.0 Å². The van der Waals surface area contributed by atoms with Crippen LogP contribution >= 0.6 is 11.3 Å². The van der Waals surface area contributed by atoms with Crippen LogP contribution in [-0.4, -0.2) is 47.0 Å². The summed E-state index contributed by atoms with van der Waals surface area (Å²) in [7, 11) is 0. The zero-order valence-corrected chi connectivity index (χ0v) is 18.0. The van der Waals surface area contributed by atoms with Crippen molar-refractivity contribution in [1.29, 1.82) is 0 Å². The summed E-state index contributed by atoms with van der Waals surface area (Å²) in [6, 6.07) is 4.76. The fourth-order valence-corrected chi connectivity index (χ4v) is 4.26. The largest absolute Gasteiger partial charge is 0.482 e. The summed E-state index contributed by atoms with van der Waals surface area (Å²) in [5.41, 5.74) is 0.405. The fourth-order valence-electron chi connectivity index (χ4n) is 3.39. The number of carbonyl (C=O) groups excluding carboxylic acids is 3. The van der Waals surface area contributed by atoms with E-state index in [-0.39, 0.29) is 48.9 Å². The molecule has 0 atom stereocenters. The van der Waals surface area contributed by atoms with Gasteiger partial charge in [0.2, 0.25) is 0 Å². The molecule has 0 spiro atoms. The van der Waals surface area contributed by atoms with Crippen LogP contribution in [0.1, 0.15) is 27.6 Å². The van der Waals surface area contributed by atoms with E-state index in [1.807, 2.05) is 0 Å². The third-order valence-electron chi connectivity index (χ3n) is 4.91. The number of ether oxygens (including phenoxy) is 2. The lowest BCUT2D eigenvalue weighted by molar-refractivity contribution is -0.121. The minimum Gasteiger partial charge on any atom is -0.482 e. The maximum atomic E-state index is 13.0. The average Bonchev–Trinajstić information content (AvgIpc) is 3.22. The smallest absolute Gasteiger partial charge is 0.339 e. The number of Topliss-reactive ketones (excluding diaryl/α,β-unsaturated/α-hetero) is 1. The molecule has 2 aromatic heterocycles. The van der Waals surface area contributed by atoms with Crippen LogP contribution in [0.3, 0.4) is 0 Å². The minimum absolute atomic E-state index is 0.0847. The van der Waals surface area contributed by atoms with Crippen LogP contribution in [0.4, 0.5) is 5.69 Å². The van der Waals surface area contributed by atoms with Crippen LogP contribution in [-0.2, 0) is 16.1 Å². The Hall–Kier alpha value is -3.79. The van der Waals surface area contributed by atoms with Crippen molar-refractivity contribution in [3.05, 3.63) is 64.0 Å². The second-order valence-electron chi connectivity index (χ2n) is 6.91. The van der Waals surface area contributed by atoms with E-state index in [1.165, 1.54) is 16.6 Å². The summed E-state index contributed by atoms with van der Waals surface area (Å²) in [6.45, 7) is 5.42. The number of rotatable bonds is 7. The van der Waals surface area contributed by atoms with Gasteiger partial charge in [-0.25, -0.2) is 9.78 Å². The number of esters is 1. The van der Waals surface area contributed by atoms with Crippen LogP contribution in [0.5, 0.6) is 5.75 Å². The molecule has 10 heteroatoms. The molecule has 1 aliphatic rings. The summed E-state index contributed by atoms with van der Waals surface area (Å²) in [5, 5.41) is 1.66. The second kappa shape index (κ2) is 8.75. The molecule has 32 heavy (non-hydrogen) atoms. The number of fused-ring (bicyclic) bond motifs is 2. The third kappa shape index (κ3) is 3.80. The molecule has 0 N–H and O–H groups in total. The fraction of sp³-hybridized carbons (Fsp3) is 0.227. The number of carbonyl (C=O) groups is 3. The van der Waals surface area contributed by atoms with Crippen molar-refractivity contribution in [2.45, 2.75) is 13.5 Å². The van der Waals surface area contributed by atoms with E-state index >= 15 is 0 Å². The Labute approximate surface area is 186 Å². The van der Waals surface area contributed by atoms with E-state index in [1.54, 1.807) is 31.2 Å². The summed E-state index contributed by atoms with van der Waals surface area (Å²) in [4.78, 5) is 56.4. The van der Waals surface area contributed by atoms with Crippen LogP contribution in [0, 0.1) is 0 Å². The standard InChI is InChI=1S/C22H19N3O6S/c1-3-7-25-15-8-13(5-6-17(15)31-10-18(25)27)16(26)9-24-12-23-20-19(21(24)28)14(11-32-20)22(29)30-4-2/h3,5-6,8,11-12H,1,4,7,9-10H2,2H3. The van der Waals surface area contributed by atoms with Crippen LogP contribution in [0.2, 0.25) is 0 Å². The lowest BCUT2D eigenvalue weighted by atomic mass is 10.1. The molecule has 1 amide bonds. The first-order valence-electron chi connectivity index (χ1n) is 9.79. The molecule has 3 aromatic rings. The Morgan fingerprint density at radius 2 is 2.16 bits per heavy atom. The first-order valence-corrected chi connectivity index (χ1v) is 10.7. The zero-order chi connectivity index (χ0) is 22.8. The maximum Gasteiger partial charge on any atom is 0.339 e. The van der Waals surface area contributed by atoms with E-state index in [9.17, 15) is 19.2 Å². The Morgan fingerprint density at radius 3 is 2.91 bits per heavy atom. The number of ketones is 1.